The molecule has 0 saturated carbocycles. The lowest BCUT2D eigenvalue weighted by Crippen LogP contribution is -2.11. The maximum absolute atomic E-state index is 11.6. The molecule has 0 aliphatic rings. The molecule has 3 rings (SSSR count). The fraction of sp³-hybridized carbons (Fsp3) is 0.0909. The highest BCUT2D eigenvalue weighted by atomic mass is 16.1. The molecule has 0 aliphatic carbocycles. The van der Waals surface area contributed by atoms with Gasteiger partial charge in [0.2, 0.25) is 0 Å². The Morgan fingerprint density at radius 1 is 1.35 bits per heavy atom. The number of nitrogens with one attached hydrogen (secondary N) is 1. The van der Waals surface area contributed by atoms with E-state index in [1.165, 1.54) is 6.33 Å². The molecule has 17 heavy (non-hydrogen) atoms. The summed E-state index contributed by atoms with van der Waals surface area (Å²) < 4.78 is 1.65. The molecule has 0 aromatic carbocycles. The van der Waals surface area contributed by atoms with E-state index in [0.29, 0.717) is 22.7 Å². The van der Waals surface area contributed by atoms with E-state index < -0.39 is 0 Å². The van der Waals surface area contributed by atoms with E-state index in [-0.39, 0.29) is 5.56 Å². The second kappa shape index (κ2) is 3.51. The molecule has 3 aromatic rings. The van der Waals surface area contributed by atoms with E-state index in [0.717, 1.165) is 0 Å². The molecule has 0 unspecified atom stereocenters. The topological polar surface area (TPSA) is 75.9 Å². The number of aryl methyl sites for hydroxylation is 1. The van der Waals surface area contributed by atoms with Gasteiger partial charge in [0.25, 0.3) is 5.56 Å². The maximum atomic E-state index is 11.6. The Labute approximate surface area is 96.0 Å². The van der Waals surface area contributed by atoms with Crippen LogP contribution in [0.2, 0.25) is 0 Å². The molecule has 6 heteroatoms. The Balaban J connectivity index is 2.40. The molecule has 0 aliphatic heterocycles. The molecule has 0 fully saturated rings. The number of hydrogen-bond acceptors (Lipinski definition) is 4. The zero-order chi connectivity index (χ0) is 11.8. The van der Waals surface area contributed by atoms with Gasteiger partial charge in [-0.05, 0) is 19.1 Å². The van der Waals surface area contributed by atoms with Crippen LogP contribution in [0.3, 0.4) is 0 Å². The van der Waals surface area contributed by atoms with Gasteiger partial charge in [0, 0.05) is 6.20 Å². The van der Waals surface area contributed by atoms with Crippen molar-refractivity contribution in [2.75, 3.05) is 0 Å². The van der Waals surface area contributed by atoms with E-state index >= 15 is 0 Å². The standard InChI is InChI=1S/C11H9N5O/c1-7-9-11(17)15-13-6-16(9)10(14-7)8-4-2-3-5-12-8/h2-6H,1H3,(H,15,17). The monoisotopic (exact) mass is 227 g/mol. The molecule has 0 atom stereocenters. The quantitative estimate of drug-likeness (QED) is 0.666. The zero-order valence-electron chi connectivity index (χ0n) is 9.08. The fourth-order valence-electron chi connectivity index (χ4n) is 1.81. The highest BCUT2D eigenvalue weighted by Crippen LogP contribution is 2.17. The molecule has 0 saturated heterocycles. The van der Waals surface area contributed by atoms with Crippen LogP contribution in [-0.2, 0) is 0 Å². The van der Waals surface area contributed by atoms with Gasteiger partial charge >= 0.3 is 0 Å². The number of hydrogen-bond donors (Lipinski definition) is 1. The van der Waals surface area contributed by atoms with Crippen LogP contribution in [0.1, 0.15) is 5.69 Å². The number of imidazole rings is 1. The second-order valence-corrected chi connectivity index (χ2v) is 3.64. The normalized spacial score (nSPS) is 10.9. The summed E-state index contributed by atoms with van der Waals surface area (Å²) in [5.41, 5.74) is 1.62. The van der Waals surface area contributed by atoms with Crippen molar-refractivity contribution in [3.8, 4) is 11.5 Å². The third-order valence-corrected chi connectivity index (χ3v) is 2.53. The summed E-state index contributed by atoms with van der Waals surface area (Å²) >= 11 is 0. The molecular formula is C11H9N5O. The van der Waals surface area contributed by atoms with Gasteiger partial charge < -0.3 is 0 Å². The number of fused-ring (bicyclic) bond motifs is 1. The maximum Gasteiger partial charge on any atom is 0.290 e. The Bertz CT molecular complexity index is 728. The summed E-state index contributed by atoms with van der Waals surface area (Å²) in [4.78, 5) is 20.2. The first-order chi connectivity index (χ1) is 8.27. The predicted octanol–water partition coefficient (Wildman–Crippen LogP) is 0.788. The molecule has 0 spiro atoms. The third-order valence-electron chi connectivity index (χ3n) is 2.53. The first-order valence-corrected chi connectivity index (χ1v) is 5.11. The molecule has 84 valence electrons. The van der Waals surface area contributed by atoms with Crippen LogP contribution >= 0.6 is 0 Å². The number of nitrogens with zero attached hydrogens (tertiary/aromatic N) is 4. The van der Waals surface area contributed by atoms with Crippen molar-refractivity contribution in [3.63, 3.8) is 0 Å². The van der Waals surface area contributed by atoms with Crippen molar-refractivity contribution in [3.05, 3.63) is 46.8 Å². The van der Waals surface area contributed by atoms with E-state index in [9.17, 15) is 4.79 Å². The molecule has 0 amide bonds. The van der Waals surface area contributed by atoms with Gasteiger partial charge in [0.1, 0.15) is 17.5 Å². The van der Waals surface area contributed by atoms with Crippen molar-refractivity contribution >= 4 is 5.52 Å². The Morgan fingerprint density at radius 3 is 3.00 bits per heavy atom. The van der Waals surface area contributed by atoms with Crippen molar-refractivity contribution in [2.45, 2.75) is 6.92 Å². The van der Waals surface area contributed by atoms with Gasteiger partial charge in [0.15, 0.2) is 5.82 Å². The van der Waals surface area contributed by atoms with Gasteiger partial charge in [-0.2, -0.15) is 5.10 Å². The van der Waals surface area contributed by atoms with Crippen LogP contribution in [0.5, 0.6) is 0 Å². The summed E-state index contributed by atoms with van der Waals surface area (Å²) in [5.74, 6) is 0.622. The van der Waals surface area contributed by atoms with E-state index in [2.05, 4.69) is 20.2 Å². The number of aromatic nitrogens is 5. The lowest BCUT2D eigenvalue weighted by Gasteiger charge is -1.98. The number of rotatable bonds is 1. The van der Waals surface area contributed by atoms with Gasteiger partial charge in [0.05, 0.1) is 5.69 Å². The summed E-state index contributed by atoms with van der Waals surface area (Å²) in [6.45, 7) is 1.79. The summed E-state index contributed by atoms with van der Waals surface area (Å²) in [6, 6.07) is 5.55. The summed E-state index contributed by atoms with van der Waals surface area (Å²) in [7, 11) is 0. The summed E-state index contributed by atoms with van der Waals surface area (Å²) in [5, 5.41) is 6.16. The van der Waals surface area contributed by atoms with Crippen molar-refractivity contribution in [1.82, 2.24) is 24.6 Å². The molecule has 3 heterocycles. The minimum atomic E-state index is -0.250. The predicted molar refractivity (Wildman–Crippen MR) is 61.6 cm³/mol. The van der Waals surface area contributed by atoms with E-state index in [1.807, 2.05) is 18.2 Å². The molecule has 0 radical (unpaired) electrons. The smallest absolute Gasteiger partial charge is 0.275 e. The Kier molecular flexibility index (Phi) is 2.01. The minimum Gasteiger partial charge on any atom is -0.275 e. The molecule has 6 nitrogen and oxygen atoms in total. The zero-order valence-corrected chi connectivity index (χ0v) is 9.08. The van der Waals surface area contributed by atoms with Crippen LogP contribution in [0.25, 0.3) is 17.0 Å². The van der Waals surface area contributed by atoms with Crippen LogP contribution in [-0.4, -0.2) is 24.6 Å². The van der Waals surface area contributed by atoms with Gasteiger partial charge in [-0.3, -0.25) is 14.2 Å². The van der Waals surface area contributed by atoms with Crippen LogP contribution in [0, 0.1) is 6.92 Å². The Hall–Kier alpha value is -2.50. The van der Waals surface area contributed by atoms with E-state index in [4.69, 9.17) is 0 Å². The van der Waals surface area contributed by atoms with Gasteiger partial charge in [-0.15, -0.1) is 0 Å². The minimum absolute atomic E-state index is 0.250. The Morgan fingerprint density at radius 2 is 2.24 bits per heavy atom. The lowest BCUT2D eigenvalue weighted by molar-refractivity contribution is 0.917. The van der Waals surface area contributed by atoms with Gasteiger partial charge in [-0.25, -0.2) is 10.1 Å². The summed E-state index contributed by atoms with van der Waals surface area (Å²) in [6.07, 6.45) is 3.22. The van der Waals surface area contributed by atoms with Crippen molar-refractivity contribution < 1.29 is 0 Å². The SMILES string of the molecule is Cc1nc(-c2ccccn2)n2cn[nH]c(=O)c12. The molecule has 3 aromatic heterocycles. The fourth-order valence-corrected chi connectivity index (χ4v) is 1.81. The highest BCUT2D eigenvalue weighted by Gasteiger charge is 2.13. The number of pyridine rings is 1. The first kappa shape index (κ1) is 9.71. The van der Waals surface area contributed by atoms with Crippen molar-refractivity contribution in [1.29, 1.82) is 0 Å². The molecular weight excluding hydrogens is 218 g/mol. The van der Waals surface area contributed by atoms with E-state index in [1.54, 1.807) is 17.5 Å². The number of H-pyrrole nitrogens is 1. The largest absolute Gasteiger partial charge is 0.290 e. The first-order valence-electron chi connectivity index (χ1n) is 5.11. The molecule has 0 bridgehead atoms. The third kappa shape index (κ3) is 1.42. The molecule has 1 N–H and O–H groups in total. The van der Waals surface area contributed by atoms with Crippen LogP contribution < -0.4 is 5.56 Å². The average Bonchev–Trinajstić information content (AvgIpc) is 2.69. The average molecular weight is 227 g/mol. The lowest BCUT2D eigenvalue weighted by atomic mass is 10.3. The highest BCUT2D eigenvalue weighted by molar-refractivity contribution is 5.61. The number of aromatic amines is 1. The second-order valence-electron chi connectivity index (χ2n) is 3.64. The van der Waals surface area contributed by atoms with Crippen LogP contribution in [0.15, 0.2) is 35.5 Å². The van der Waals surface area contributed by atoms with Crippen LogP contribution in [0.4, 0.5) is 0 Å². The van der Waals surface area contributed by atoms with Gasteiger partial charge in [-0.1, -0.05) is 6.07 Å². The van der Waals surface area contributed by atoms with Crippen molar-refractivity contribution in [2.24, 2.45) is 0 Å².